The minimum absolute atomic E-state index is 0.00252. The molecule has 24 heavy (non-hydrogen) atoms. The van der Waals surface area contributed by atoms with E-state index in [2.05, 4.69) is 20.4 Å². The zero-order valence-electron chi connectivity index (χ0n) is 13.2. The smallest absolute Gasteiger partial charge is 0.263 e. The van der Waals surface area contributed by atoms with Crippen molar-refractivity contribution in [2.75, 3.05) is 0 Å². The number of amides is 1. The van der Waals surface area contributed by atoms with Crippen LogP contribution in [0.15, 0.2) is 53.7 Å². The average Bonchev–Trinajstić information content (AvgIpc) is 3.01. The van der Waals surface area contributed by atoms with Gasteiger partial charge in [-0.3, -0.25) is 14.3 Å². The van der Waals surface area contributed by atoms with Gasteiger partial charge in [-0.2, -0.15) is 5.10 Å². The van der Waals surface area contributed by atoms with Crippen molar-refractivity contribution in [1.82, 2.24) is 25.1 Å². The molecular formula is C17H17N5O2. The molecule has 1 aromatic carbocycles. The first-order valence-corrected chi connectivity index (χ1v) is 7.51. The van der Waals surface area contributed by atoms with Crippen LogP contribution in [0.5, 0.6) is 0 Å². The second kappa shape index (κ2) is 6.91. The van der Waals surface area contributed by atoms with E-state index in [1.165, 1.54) is 6.20 Å². The van der Waals surface area contributed by atoms with Crippen molar-refractivity contribution in [1.29, 1.82) is 0 Å². The van der Waals surface area contributed by atoms with Gasteiger partial charge in [-0.05, 0) is 12.5 Å². The van der Waals surface area contributed by atoms with Crippen molar-refractivity contribution in [3.63, 3.8) is 0 Å². The molecule has 0 saturated carbocycles. The van der Waals surface area contributed by atoms with Gasteiger partial charge in [0.15, 0.2) is 0 Å². The fourth-order valence-electron chi connectivity index (χ4n) is 2.28. The molecule has 3 aromatic rings. The van der Waals surface area contributed by atoms with E-state index in [1.54, 1.807) is 17.8 Å². The highest BCUT2D eigenvalue weighted by Crippen LogP contribution is 2.04. The van der Waals surface area contributed by atoms with Crippen LogP contribution in [0.1, 0.15) is 27.3 Å². The molecule has 2 N–H and O–H groups in total. The third-order valence-electron chi connectivity index (χ3n) is 3.50. The summed E-state index contributed by atoms with van der Waals surface area (Å²) in [6.45, 7) is 2.61. The van der Waals surface area contributed by atoms with Crippen molar-refractivity contribution in [2.45, 2.75) is 20.0 Å². The Kier molecular flexibility index (Phi) is 4.51. The number of carbonyl (C=O) groups excluding carboxylic acids is 1. The van der Waals surface area contributed by atoms with Crippen LogP contribution in [0.25, 0.3) is 0 Å². The van der Waals surface area contributed by atoms with Crippen molar-refractivity contribution >= 4 is 5.91 Å². The second-order valence-corrected chi connectivity index (χ2v) is 5.43. The number of H-pyrrole nitrogens is 1. The quantitative estimate of drug-likeness (QED) is 0.739. The summed E-state index contributed by atoms with van der Waals surface area (Å²) in [5, 5.41) is 6.98. The Morgan fingerprint density at radius 3 is 2.75 bits per heavy atom. The molecule has 0 bridgehead atoms. The monoisotopic (exact) mass is 323 g/mol. The van der Waals surface area contributed by atoms with Gasteiger partial charge in [-0.25, -0.2) is 4.98 Å². The molecule has 3 rings (SSSR count). The lowest BCUT2D eigenvalue weighted by Gasteiger charge is -2.03. The fourth-order valence-corrected chi connectivity index (χ4v) is 2.28. The maximum Gasteiger partial charge on any atom is 0.263 e. The number of benzene rings is 1. The minimum atomic E-state index is -0.459. The Hall–Kier alpha value is -3.22. The Balaban J connectivity index is 1.61. The van der Waals surface area contributed by atoms with E-state index in [4.69, 9.17) is 0 Å². The Morgan fingerprint density at radius 1 is 1.21 bits per heavy atom. The van der Waals surface area contributed by atoms with Crippen molar-refractivity contribution in [2.24, 2.45) is 0 Å². The van der Waals surface area contributed by atoms with Crippen molar-refractivity contribution in [3.05, 3.63) is 81.8 Å². The number of aromatic nitrogens is 4. The summed E-state index contributed by atoms with van der Waals surface area (Å²) in [5.74, 6) is 0.0123. The maximum atomic E-state index is 12.0. The van der Waals surface area contributed by atoms with Crippen LogP contribution in [0.3, 0.4) is 0 Å². The molecule has 7 nitrogen and oxygen atoms in total. The van der Waals surface area contributed by atoms with Crippen molar-refractivity contribution < 1.29 is 4.79 Å². The van der Waals surface area contributed by atoms with Gasteiger partial charge in [0.1, 0.15) is 11.4 Å². The standard InChI is InChI=1S/C17H17N5O2/c1-12-18-9-15(17(24)21-12)16(23)19-7-14-8-20-22(11-14)10-13-5-3-2-4-6-13/h2-6,8-9,11H,7,10H2,1H3,(H,19,23)(H,18,21,24). The Labute approximate surface area is 138 Å². The highest BCUT2D eigenvalue weighted by Gasteiger charge is 2.11. The van der Waals surface area contributed by atoms with Crippen LogP contribution in [0.4, 0.5) is 0 Å². The highest BCUT2D eigenvalue weighted by atomic mass is 16.2. The van der Waals surface area contributed by atoms with E-state index in [-0.39, 0.29) is 5.56 Å². The van der Waals surface area contributed by atoms with Crippen LogP contribution in [0.2, 0.25) is 0 Å². The largest absolute Gasteiger partial charge is 0.348 e. The fraction of sp³-hybridized carbons (Fsp3) is 0.176. The summed E-state index contributed by atoms with van der Waals surface area (Å²) in [6.07, 6.45) is 4.84. The van der Waals surface area contributed by atoms with E-state index in [1.807, 2.05) is 36.5 Å². The van der Waals surface area contributed by atoms with E-state index in [9.17, 15) is 9.59 Å². The number of aromatic amines is 1. The lowest BCUT2D eigenvalue weighted by atomic mass is 10.2. The topological polar surface area (TPSA) is 92.7 Å². The molecule has 0 radical (unpaired) electrons. The van der Waals surface area contributed by atoms with E-state index >= 15 is 0 Å². The minimum Gasteiger partial charge on any atom is -0.348 e. The normalized spacial score (nSPS) is 10.5. The molecule has 0 fully saturated rings. The molecule has 0 aliphatic carbocycles. The Morgan fingerprint density at radius 2 is 2.00 bits per heavy atom. The zero-order chi connectivity index (χ0) is 16.9. The summed E-state index contributed by atoms with van der Waals surface area (Å²) in [6, 6.07) is 9.98. The van der Waals surface area contributed by atoms with Crippen LogP contribution in [0, 0.1) is 6.92 Å². The predicted molar refractivity (Wildman–Crippen MR) is 88.5 cm³/mol. The number of hydrogen-bond donors (Lipinski definition) is 2. The molecule has 2 aromatic heterocycles. The molecule has 2 heterocycles. The van der Waals surface area contributed by atoms with Gasteiger partial charge in [-0.15, -0.1) is 0 Å². The van der Waals surface area contributed by atoms with Crippen LogP contribution >= 0.6 is 0 Å². The number of nitrogens with one attached hydrogen (secondary N) is 2. The lowest BCUT2D eigenvalue weighted by Crippen LogP contribution is -2.29. The van der Waals surface area contributed by atoms with Gasteiger partial charge in [-0.1, -0.05) is 30.3 Å². The first-order chi connectivity index (χ1) is 11.6. The summed E-state index contributed by atoms with van der Waals surface area (Å²) >= 11 is 0. The summed E-state index contributed by atoms with van der Waals surface area (Å²) in [5.41, 5.74) is 1.56. The van der Waals surface area contributed by atoms with Gasteiger partial charge in [0.2, 0.25) is 0 Å². The lowest BCUT2D eigenvalue weighted by molar-refractivity contribution is 0.0949. The van der Waals surface area contributed by atoms with Crippen molar-refractivity contribution in [3.8, 4) is 0 Å². The summed E-state index contributed by atoms with van der Waals surface area (Å²) in [7, 11) is 0. The Bertz CT molecular complexity index is 899. The third kappa shape index (κ3) is 3.75. The molecule has 122 valence electrons. The molecule has 0 aliphatic heterocycles. The van der Waals surface area contributed by atoms with Crippen LogP contribution < -0.4 is 10.9 Å². The van der Waals surface area contributed by atoms with Crippen LogP contribution in [-0.4, -0.2) is 25.7 Å². The maximum absolute atomic E-state index is 12.0. The third-order valence-corrected chi connectivity index (χ3v) is 3.50. The summed E-state index contributed by atoms with van der Waals surface area (Å²) in [4.78, 5) is 30.2. The number of rotatable bonds is 5. The van der Waals surface area contributed by atoms with Gasteiger partial charge >= 0.3 is 0 Å². The molecule has 0 spiro atoms. The molecule has 1 amide bonds. The number of nitrogens with zero attached hydrogens (tertiary/aromatic N) is 3. The molecule has 0 atom stereocenters. The van der Waals surface area contributed by atoms with Gasteiger partial charge in [0.05, 0.1) is 12.7 Å². The van der Waals surface area contributed by atoms with E-state index < -0.39 is 11.5 Å². The van der Waals surface area contributed by atoms with Gasteiger partial charge in [0, 0.05) is 24.5 Å². The number of hydrogen-bond acceptors (Lipinski definition) is 4. The predicted octanol–water partition coefficient (Wildman–Crippen LogP) is 1.25. The van der Waals surface area contributed by atoms with Crippen LogP contribution in [-0.2, 0) is 13.1 Å². The molecule has 0 saturated heterocycles. The molecule has 0 aliphatic rings. The number of aryl methyl sites for hydroxylation is 1. The highest BCUT2D eigenvalue weighted by molar-refractivity contribution is 5.93. The molecule has 0 unspecified atom stereocenters. The SMILES string of the molecule is Cc1ncc(C(=O)NCc2cnn(Cc3ccccc3)c2)c(=O)[nH]1. The first kappa shape index (κ1) is 15.7. The van der Waals surface area contributed by atoms with Gasteiger partial charge in [0.25, 0.3) is 11.5 Å². The molecular weight excluding hydrogens is 306 g/mol. The van der Waals surface area contributed by atoms with E-state index in [0.29, 0.717) is 18.9 Å². The number of carbonyl (C=O) groups is 1. The second-order valence-electron chi connectivity index (χ2n) is 5.43. The summed E-state index contributed by atoms with van der Waals surface area (Å²) < 4.78 is 1.80. The van der Waals surface area contributed by atoms with Gasteiger partial charge < -0.3 is 10.3 Å². The zero-order valence-corrected chi connectivity index (χ0v) is 13.2. The van der Waals surface area contributed by atoms with E-state index in [0.717, 1.165) is 11.1 Å². The average molecular weight is 323 g/mol. The first-order valence-electron chi connectivity index (χ1n) is 7.51. The molecule has 7 heteroatoms.